The molecule has 3 rings (SSSR count). The second-order valence-electron chi connectivity index (χ2n) is 7.45. The fourth-order valence-corrected chi connectivity index (χ4v) is 4.10. The first kappa shape index (κ1) is 17.4. The van der Waals surface area contributed by atoms with Gasteiger partial charge >= 0.3 is 5.97 Å². The van der Waals surface area contributed by atoms with Crippen molar-refractivity contribution < 1.29 is 14.6 Å². The molecule has 1 aromatic rings. The molecule has 1 aromatic carbocycles. The molecule has 0 spiro atoms. The Morgan fingerprint density at radius 2 is 2.00 bits per heavy atom. The number of likely N-dealkylation sites (tertiary alicyclic amines) is 1. The number of carbonyl (C=O) groups is 1. The molecule has 132 valence electrons. The van der Waals surface area contributed by atoms with Gasteiger partial charge in [0, 0.05) is 13.2 Å². The zero-order valence-corrected chi connectivity index (χ0v) is 14.5. The van der Waals surface area contributed by atoms with E-state index in [0.29, 0.717) is 5.92 Å². The highest BCUT2D eigenvalue weighted by Gasteiger charge is 2.41. The van der Waals surface area contributed by atoms with E-state index in [9.17, 15) is 9.90 Å². The monoisotopic (exact) mass is 331 g/mol. The summed E-state index contributed by atoms with van der Waals surface area (Å²) in [6.45, 7) is 4.65. The zero-order valence-electron chi connectivity index (χ0n) is 14.5. The first-order valence-corrected chi connectivity index (χ1v) is 9.25. The van der Waals surface area contributed by atoms with Crippen molar-refractivity contribution >= 4 is 5.97 Å². The smallest absolute Gasteiger partial charge is 0.309 e. The Hall–Kier alpha value is -1.39. The van der Waals surface area contributed by atoms with E-state index < -0.39 is 11.4 Å². The van der Waals surface area contributed by atoms with Crippen molar-refractivity contribution in [1.82, 2.24) is 4.90 Å². The van der Waals surface area contributed by atoms with E-state index in [1.807, 2.05) is 18.2 Å². The van der Waals surface area contributed by atoms with Crippen molar-refractivity contribution in [2.75, 3.05) is 32.8 Å². The predicted octanol–water partition coefficient (Wildman–Crippen LogP) is 3.21. The summed E-state index contributed by atoms with van der Waals surface area (Å²) in [5, 5.41) is 9.82. The van der Waals surface area contributed by atoms with Gasteiger partial charge in [-0.2, -0.15) is 0 Å². The van der Waals surface area contributed by atoms with Gasteiger partial charge in [-0.15, -0.1) is 0 Å². The standard InChI is InChI=1S/C20H29NO3/c22-19(23)20(9-4-7-17-5-2-1-3-6-17)10-12-21(13-11-20)15-18-8-14-24-16-18/h1-3,5-6,18H,4,7-16H2,(H,22,23)/t18-/m0/s1. The van der Waals surface area contributed by atoms with Crippen LogP contribution >= 0.6 is 0 Å². The lowest BCUT2D eigenvalue weighted by molar-refractivity contribution is -0.152. The van der Waals surface area contributed by atoms with Gasteiger partial charge in [-0.05, 0) is 63.1 Å². The maximum atomic E-state index is 11.9. The number of hydrogen-bond acceptors (Lipinski definition) is 3. The number of hydrogen-bond donors (Lipinski definition) is 1. The van der Waals surface area contributed by atoms with Crippen LogP contribution in [0.4, 0.5) is 0 Å². The first-order valence-electron chi connectivity index (χ1n) is 9.25. The molecule has 2 heterocycles. The SMILES string of the molecule is O=C(O)C1(CCCc2ccccc2)CCN(C[C@@H]2CCOC2)CC1. The predicted molar refractivity (Wildman–Crippen MR) is 94.0 cm³/mol. The zero-order chi connectivity index (χ0) is 16.8. The molecule has 0 radical (unpaired) electrons. The normalized spacial score (nSPS) is 24.1. The summed E-state index contributed by atoms with van der Waals surface area (Å²) in [7, 11) is 0. The van der Waals surface area contributed by atoms with Crippen molar-refractivity contribution in [3.05, 3.63) is 35.9 Å². The Morgan fingerprint density at radius 1 is 1.25 bits per heavy atom. The summed E-state index contributed by atoms with van der Waals surface area (Å²) in [5.41, 5.74) is 0.786. The van der Waals surface area contributed by atoms with E-state index in [0.717, 1.165) is 71.4 Å². The fourth-order valence-electron chi connectivity index (χ4n) is 4.10. The molecule has 1 N–H and O–H groups in total. The van der Waals surface area contributed by atoms with E-state index >= 15 is 0 Å². The third-order valence-electron chi connectivity index (χ3n) is 5.77. The molecule has 24 heavy (non-hydrogen) atoms. The number of benzene rings is 1. The summed E-state index contributed by atoms with van der Waals surface area (Å²) in [5.74, 6) is 0.0415. The molecular formula is C20H29NO3. The third-order valence-corrected chi connectivity index (χ3v) is 5.77. The van der Waals surface area contributed by atoms with Gasteiger partial charge < -0.3 is 14.7 Å². The van der Waals surface area contributed by atoms with Gasteiger partial charge in [0.2, 0.25) is 0 Å². The fraction of sp³-hybridized carbons (Fsp3) is 0.650. The van der Waals surface area contributed by atoms with Gasteiger partial charge in [0.25, 0.3) is 0 Å². The number of rotatable bonds is 7. The van der Waals surface area contributed by atoms with Crippen LogP contribution in [0.15, 0.2) is 30.3 Å². The number of nitrogens with zero attached hydrogens (tertiary/aromatic N) is 1. The molecule has 0 amide bonds. The van der Waals surface area contributed by atoms with Crippen LogP contribution in [-0.4, -0.2) is 48.8 Å². The highest BCUT2D eigenvalue weighted by molar-refractivity contribution is 5.74. The minimum Gasteiger partial charge on any atom is -0.481 e. The quantitative estimate of drug-likeness (QED) is 0.833. The number of carboxylic acids is 1. The van der Waals surface area contributed by atoms with Crippen molar-refractivity contribution in [2.24, 2.45) is 11.3 Å². The van der Waals surface area contributed by atoms with Crippen LogP contribution in [0.3, 0.4) is 0 Å². The molecule has 2 fully saturated rings. The van der Waals surface area contributed by atoms with E-state index in [1.165, 1.54) is 5.56 Å². The molecule has 4 heteroatoms. The largest absolute Gasteiger partial charge is 0.481 e. The van der Waals surface area contributed by atoms with Crippen LogP contribution < -0.4 is 0 Å². The van der Waals surface area contributed by atoms with Gasteiger partial charge in [-0.1, -0.05) is 30.3 Å². The summed E-state index contributed by atoms with van der Waals surface area (Å²) < 4.78 is 5.45. The lowest BCUT2D eigenvalue weighted by Gasteiger charge is -2.39. The third kappa shape index (κ3) is 4.37. The van der Waals surface area contributed by atoms with Crippen molar-refractivity contribution in [3.8, 4) is 0 Å². The molecular weight excluding hydrogens is 302 g/mol. The number of piperidine rings is 1. The maximum Gasteiger partial charge on any atom is 0.309 e. The van der Waals surface area contributed by atoms with Crippen LogP contribution in [-0.2, 0) is 16.0 Å². The summed E-state index contributed by atoms with van der Waals surface area (Å²) in [6.07, 6.45) is 5.43. The van der Waals surface area contributed by atoms with Gasteiger partial charge in [0.15, 0.2) is 0 Å². The van der Waals surface area contributed by atoms with Crippen LogP contribution in [0.2, 0.25) is 0 Å². The molecule has 0 saturated carbocycles. The molecule has 1 atom stereocenters. The lowest BCUT2D eigenvalue weighted by Crippen LogP contribution is -2.45. The van der Waals surface area contributed by atoms with Crippen LogP contribution in [0.1, 0.15) is 37.7 Å². The highest BCUT2D eigenvalue weighted by Crippen LogP contribution is 2.37. The van der Waals surface area contributed by atoms with Crippen LogP contribution in [0, 0.1) is 11.3 Å². The minimum atomic E-state index is -0.598. The second-order valence-corrected chi connectivity index (χ2v) is 7.45. The van der Waals surface area contributed by atoms with Gasteiger partial charge in [0.05, 0.1) is 12.0 Å². The molecule has 0 unspecified atom stereocenters. The van der Waals surface area contributed by atoms with E-state index in [-0.39, 0.29) is 0 Å². The van der Waals surface area contributed by atoms with Crippen molar-refractivity contribution in [3.63, 3.8) is 0 Å². The van der Waals surface area contributed by atoms with Crippen molar-refractivity contribution in [1.29, 1.82) is 0 Å². The molecule has 0 aromatic heterocycles. The number of ether oxygens (including phenoxy) is 1. The number of aryl methyl sites for hydroxylation is 1. The van der Waals surface area contributed by atoms with E-state index in [4.69, 9.17) is 4.74 Å². The lowest BCUT2D eigenvalue weighted by atomic mass is 9.74. The summed E-state index contributed by atoms with van der Waals surface area (Å²) >= 11 is 0. The Kier molecular flexibility index (Phi) is 5.90. The van der Waals surface area contributed by atoms with E-state index in [1.54, 1.807) is 0 Å². The topological polar surface area (TPSA) is 49.8 Å². The molecule has 0 bridgehead atoms. The Bertz CT molecular complexity index is 517. The van der Waals surface area contributed by atoms with Crippen molar-refractivity contribution in [2.45, 2.75) is 38.5 Å². The number of carboxylic acid groups (broad SMARTS) is 1. The van der Waals surface area contributed by atoms with E-state index in [2.05, 4.69) is 17.0 Å². The summed E-state index contributed by atoms with van der Waals surface area (Å²) in [6, 6.07) is 10.4. The Balaban J connectivity index is 1.48. The minimum absolute atomic E-state index is 0.516. The highest BCUT2D eigenvalue weighted by atomic mass is 16.5. The summed E-state index contributed by atoms with van der Waals surface area (Å²) in [4.78, 5) is 14.4. The average Bonchev–Trinajstić information content (AvgIpc) is 3.10. The Morgan fingerprint density at radius 3 is 2.62 bits per heavy atom. The number of aliphatic carboxylic acids is 1. The molecule has 0 aliphatic carbocycles. The Labute approximate surface area is 144 Å². The molecule has 2 aliphatic rings. The van der Waals surface area contributed by atoms with Gasteiger partial charge in [-0.25, -0.2) is 0 Å². The maximum absolute atomic E-state index is 11.9. The van der Waals surface area contributed by atoms with Gasteiger partial charge in [0.1, 0.15) is 0 Å². The molecule has 2 saturated heterocycles. The van der Waals surface area contributed by atoms with Gasteiger partial charge in [-0.3, -0.25) is 4.79 Å². The van der Waals surface area contributed by atoms with Crippen LogP contribution in [0.25, 0.3) is 0 Å². The average molecular weight is 331 g/mol. The molecule has 2 aliphatic heterocycles. The first-order chi connectivity index (χ1) is 11.7. The van der Waals surface area contributed by atoms with Crippen LogP contribution in [0.5, 0.6) is 0 Å². The second kappa shape index (κ2) is 8.13. The molecule has 4 nitrogen and oxygen atoms in total.